The third-order valence-corrected chi connectivity index (χ3v) is 3.25. The predicted molar refractivity (Wildman–Crippen MR) is 66.1 cm³/mol. The van der Waals surface area contributed by atoms with E-state index < -0.39 is 0 Å². The number of nitrogens with zero attached hydrogens (tertiary/aromatic N) is 1. The van der Waals surface area contributed by atoms with Crippen LogP contribution in [0, 0.1) is 0 Å². The zero-order chi connectivity index (χ0) is 12.3. The Bertz CT molecular complexity index is 406. The van der Waals surface area contributed by atoms with Gasteiger partial charge in [-0.1, -0.05) is 12.1 Å². The first kappa shape index (κ1) is 11.9. The van der Waals surface area contributed by atoms with E-state index in [0.717, 1.165) is 19.4 Å². The largest absolute Gasteiger partial charge is 0.496 e. The SMILES string of the molecule is COc1ccccc1C(=O)N1CCC[C@H]1CN. The van der Waals surface area contributed by atoms with E-state index in [1.807, 2.05) is 17.0 Å². The Kier molecular flexibility index (Phi) is 3.64. The first-order chi connectivity index (χ1) is 8.27. The van der Waals surface area contributed by atoms with Crippen molar-refractivity contribution >= 4 is 5.91 Å². The number of nitrogens with two attached hydrogens (primary N) is 1. The summed E-state index contributed by atoms with van der Waals surface area (Å²) in [6.07, 6.45) is 2.03. The Morgan fingerprint density at radius 3 is 3.00 bits per heavy atom. The molecule has 0 unspecified atom stereocenters. The van der Waals surface area contributed by atoms with Gasteiger partial charge in [0.15, 0.2) is 0 Å². The number of para-hydroxylation sites is 1. The van der Waals surface area contributed by atoms with Gasteiger partial charge < -0.3 is 15.4 Å². The summed E-state index contributed by atoms with van der Waals surface area (Å²) in [6.45, 7) is 1.32. The van der Waals surface area contributed by atoms with Crippen molar-refractivity contribution in [2.45, 2.75) is 18.9 Å². The highest BCUT2D eigenvalue weighted by molar-refractivity contribution is 5.97. The molecule has 0 aliphatic carbocycles. The number of hydrogen-bond donors (Lipinski definition) is 1. The summed E-state index contributed by atoms with van der Waals surface area (Å²) in [6, 6.07) is 7.49. The molecule has 0 aromatic heterocycles. The van der Waals surface area contributed by atoms with Crippen molar-refractivity contribution in [1.82, 2.24) is 4.90 Å². The van der Waals surface area contributed by atoms with Gasteiger partial charge in [-0.15, -0.1) is 0 Å². The average molecular weight is 234 g/mol. The first-order valence-corrected chi connectivity index (χ1v) is 5.92. The molecule has 1 aromatic carbocycles. The topological polar surface area (TPSA) is 55.6 Å². The minimum absolute atomic E-state index is 0.0235. The van der Waals surface area contributed by atoms with Crippen LogP contribution in [0.5, 0.6) is 5.75 Å². The number of carbonyl (C=O) groups is 1. The third-order valence-electron chi connectivity index (χ3n) is 3.25. The molecule has 0 bridgehead atoms. The molecule has 0 radical (unpaired) electrons. The Hall–Kier alpha value is -1.55. The number of carbonyl (C=O) groups excluding carboxylic acids is 1. The highest BCUT2D eigenvalue weighted by Crippen LogP contribution is 2.24. The molecule has 4 heteroatoms. The van der Waals surface area contributed by atoms with E-state index in [1.54, 1.807) is 19.2 Å². The maximum absolute atomic E-state index is 12.4. The van der Waals surface area contributed by atoms with E-state index in [1.165, 1.54) is 0 Å². The van der Waals surface area contributed by atoms with E-state index in [0.29, 0.717) is 17.9 Å². The quantitative estimate of drug-likeness (QED) is 0.856. The van der Waals surface area contributed by atoms with Crippen LogP contribution in [0.15, 0.2) is 24.3 Å². The third kappa shape index (κ3) is 2.26. The van der Waals surface area contributed by atoms with E-state index >= 15 is 0 Å². The van der Waals surface area contributed by atoms with E-state index in [-0.39, 0.29) is 11.9 Å². The van der Waals surface area contributed by atoms with Gasteiger partial charge in [-0.25, -0.2) is 0 Å². The van der Waals surface area contributed by atoms with Gasteiger partial charge >= 0.3 is 0 Å². The van der Waals surface area contributed by atoms with E-state index in [9.17, 15) is 4.79 Å². The second-order valence-corrected chi connectivity index (χ2v) is 4.23. The van der Waals surface area contributed by atoms with Crippen LogP contribution >= 0.6 is 0 Å². The number of ether oxygens (including phenoxy) is 1. The van der Waals surface area contributed by atoms with Crippen LogP contribution in [0.3, 0.4) is 0 Å². The summed E-state index contributed by atoms with van der Waals surface area (Å²) >= 11 is 0. The van der Waals surface area contributed by atoms with Crippen LogP contribution in [-0.4, -0.2) is 37.0 Å². The van der Waals surface area contributed by atoms with Gasteiger partial charge in [-0.05, 0) is 25.0 Å². The lowest BCUT2D eigenvalue weighted by Gasteiger charge is -2.24. The molecule has 92 valence electrons. The minimum atomic E-state index is 0.0235. The van der Waals surface area contributed by atoms with Gasteiger partial charge in [0.2, 0.25) is 0 Å². The molecule has 17 heavy (non-hydrogen) atoms. The lowest BCUT2D eigenvalue weighted by Crippen LogP contribution is -2.40. The second-order valence-electron chi connectivity index (χ2n) is 4.23. The summed E-state index contributed by atoms with van der Waals surface area (Å²) in [5, 5.41) is 0. The van der Waals surface area contributed by atoms with Crippen LogP contribution in [0.4, 0.5) is 0 Å². The smallest absolute Gasteiger partial charge is 0.257 e. The van der Waals surface area contributed by atoms with Crippen molar-refractivity contribution in [1.29, 1.82) is 0 Å². The summed E-state index contributed by atoms with van der Waals surface area (Å²) in [7, 11) is 1.58. The Morgan fingerprint density at radius 2 is 2.29 bits per heavy atom. The molecule has 1 aliphatic rings. The molecule has 1 heterocycles. The van der Waals surface area contributed by atoms with Crippen LogP contribution in [0.2, 0.25) is 0 Å². The lowest BCUT2D eigenvalue weighted by molar-refractivity contribution is 0.0738. The van der Waals surface area contributed by atoms with Gasteiger partial charge in [0.1, 0.15) is 5.75 Å². The molecule has 1 atom stereocenters. The average Bonchev–Trinajstić information content (AvgIpc) is 2.86. The van der Waals surface area contributed by atoms with Gasteiger partial charge in [0.05, 0.1) is 12.7 Å². The highest BCUT2D eigenvalue weighted by atomic mass is 16.5. The normalized spacial score (nSPS) is 19.4. The molecule has 2 rings (SSSR count). The fourth-order valence-corrected chi connectivity index (χ4v) is 2.32. The maximum Gasteiger partial charge on any atom is 0.257 e. The molecular weight excluding hydrogens is 216 g/mol. The van der Waals surface area contributed by atoms with Crippen LogP contribution in [0.25, 0.3) is 0 Å². The van der Waals surface area contributed by atoms with Crippen molar-refractivity contribution < 1.29 is 9.53 Å². The minimum Gasteiger partial charge on any atom is -0.496 e. The second kappa shape index (κ2) is 5.19. The summed E-state index contributed by atoms with van der Waals surface area (Å²) in [4.78, 5) is 14.2. The van der Waals surface area contributed by atoms with Crippen LogP contribution in [-0.2, 0) is 0 Å². The molecule has 0 spiro atoms. The molecule has 1 amide bonds. The standard InChI is InChI=1S/C13H18N2O2/c1-17-12-7-3-2-6-11(12)13(16)15-8-4-5-10(15)9-14/h2-3,6-7,10H,4-5,8-9,14H2,1H3/t10-/m0/s1. The number of methoxy groups -OCH3 is 1. The molecule has 2 N–H and O–H groups in total. The predicted octanol–water partition coefficient (Wildman–Crippen LogP) is 1.26. The van der Waals surface area contributed by atoms with Crippen molar-refractivity contribution in [3.8, 4) is 5.75 Å². The maximum atomic E-state index is 12.4. The molecule has 1 fully saturated rings. The number of rotatable bonds is 3. The van der Waals surface area contributed by atoms with Gasteiger partial charge in [0, 0.05) is 19.1 Å². The van der Waals surface area contributed by atoms with Gasteiger partial charge in [-0.3, -0.25) is 4.79 Å². The zero-order valence-electron chi connectivity index (χ0n) is 10.1. The van der Waals surface area contributed by atoms with Crippen molar-refractivity contribution in [3.63, 3.8) is 0 Å². The van der Waals surface area contributed by atoms with Crippen LogP contribution < -0.4 is 10.5 Å². The van der Waals surface area contributed by atoms with Crippen molar-refractivity contribution in [2.75, 3.05) is 20.2 Å². The van der Waals surface area contributed by atoms with E-state index in [2.05, 4.69) is 0 Å². The van der Waals surface area contributed by atoms with Gasteiger partial charge in [-0.2, -0.15) is 0 Å². The van der Waals surface area contributed by atoms with E-state index in [4.69, 9.17) is 10.5 Å². The summed E-state index contributed by atoms with van der Waals surface area (Å²) in [5.74, 6) is 0.649. The van der Waals surface area contributed by atoms with Gasteiger partial charge in [0.25, 0.3) is 5.91 Å². The monoisotopic (exact) mass is 234 g/mol. The van der Waals surface area contributed by atoms with Crippen molar-refractivity contribution in [2.24, 2.45) is 5.73 Å². The summed E-state index contributed by atoms with van der Waals surface area (Å²) in [5.41, 5.74) is 6.31. The molecule has 1 saturated heterocycles. The number of hydrogen-bond acceptors (Lipinski definition) is 3. The molecular formula is C13H18N2O2. The number of amides is 1. The van der Waals surface area contributed by atoms with Crippen LogP contribution in [0.1, 0.15) is 23.2 Å². The fraction of sp³-hybridized carbons (Fsp3) is 0.462. The molecule has 4 nitrogen and oxygen atoms in total. The number of likely N-dealkylation sites (tertiary alicyclic amines) is 1. The zero-order valence-corrected chi connectivity index (χ0v) is 10.1. The Balaban J connectivity index is 2.24. The Labute approximate surface area is 101 Å². The summed E-state index contributed by atoms with van der Waals surface area (Å²) < 4.78 is 5.22. The molecule has 0 saturated carbocycles. The lowest BCUT2D eigenvalue weighted by atomic mass is 10.1. The Morgan fingerprint density at radius 1 is 1.53 bits per heavy atom. The molecule has 1 aromatic rings. The fourth-order valence-electron chi connectivity index (χ4n) is 2.32. The van der Waals surface area contributed by atoms with Crippen molar-refractivity contribution in [3.05, 3.63) is 29.8 Å². The first-order valence-electron chi connectivity index (χ1n) is 5.92. The molecule has 1 aliphatic heterocycles. The highest BCUT2D eigenvalue weighted by Gasteiger charge is 2.29. The number of benzene rings is 1.